The maximum Gasteiger partial charge on any atom is 0.0316 e. The molecular weight excluding hydrogens is 146 g/mol. The lowest BCUT2D eigenvalue weighted by molar-refractivity contribution is 0.946. The van der Waals surface area contributed by atoms with Gasteiger partial charge in [0.25, 0.3) is 0 Å². The molecule has 0 spiro atoms. The van der Waals surface area contributed by atoms with Crippen molar-refractivity contribution in [2.45, 2.75) is 19.8 Å². The molecule has 0 atom stereocenters. The molecule has 0 amide bonds. The van der Waals surface area contributed by atoms with E-state index in [0.717, 1.165) is 18.5 Å². The van der Waals surface area contributed by atoms with Crippen LogP contribution in [0.5, 0.6) is 0 Å². The van der Waals surface area contributed by atoms with Crippen LogP contribution in [0.2, 0.25) is 0 Å². The summed E-state index contributed by atoms with van der Waals surface area (Å²) in [6.45, 7) is 5.91. The molecule has 1 rings (SSSR count). The van der Waals surface area contributed by atoms with E-state index in [9.17, 15) is 0 Å². The lowest BCUT2D eigenvalue weighted by Gasteiger charge is -2.01. The number of nitrogens with two attached hydrogens (primary N) is 1. The summed E-state index contributed by atoms with van der Waals surface area (Å²) in [6.07, 6.45) is 2.09. The van der Waals surface area contributed by atoms with Gasteiger partial charge in [-0.2, -0.15) is 0 Å². The van der Waals surface area contributed by atoms with Crippen LogP contribution in [-0.2, 0) is 6.42 Å². The third-order valence-corrected chi connectivity index (χ3v) is 1.79. The van der Waals surface area contributed by atoms with Gasteiger partial charge in [0.05, 0.1) is 0 Å². The molecule has 0 aliphatic rings. The van der Waals surface area contributed by atoms with Gasteiger partial charge in [-0.3, -0.25) is 0 Å². The average Bonchev–Trinajstić information content (AvgIpc) is 2.01. The van der Waals surface area contributed by atoms with Gasteiger partial charge in [-0.15, -0.1) is 6.58 Å². The van der Waals surface area contributed by atoms with Crippen molar-refractivity contribution < 1.29 is 0 Å². The van der Waals surface area contributed by atoms with E-state index in [1.807, 2.05) is 25.1 Å². The van der Waals surface area contributed by atoms with E-state index >= 15 is 0 Å². The second kappa shape index (κ2) is 3.96. The summed E-state index contributed by atoms with van der Waals surface area (Å²) in [5.74, 6) is 0. The highest BCUT2D eigenvalue weighted by atomic mass is 14.5. The average molecular weight is 161 g/mol. The standard InChI is InChI=1S/C11H15N/c1-9(2)6-7-10-4-3-5-11(12)8-10/h3-5,8H,1,6-7,12H2,2H3. The highest BCUT2D eigenvalue weighted by molar-refractivity contribution is 5.40. The Labute approximate surface area is 73.9 Å². The van der Waals surface area contributed by atoms with Crippen molar-refractivity contribution in [1.82, 2.24) is 0 Å². The number of nitrogen functional groups attached to an aromatic ring is 1. The second-order valence-electron chi connectivity index (χ2n) is 3.20. The summed E-state index contributed by atoms with van der Waals surface area (Å²) in [7, 11) is 0. The summed E-state index contributed by atoms with van der Waals surface area (Å²) < 4.78 is 0. The van der Waals surface area contributed by atoms with Crippen LogP contribution in [0.25, 0.3) is 0 Å². The van der Waals surface area contributed by atoms with Crippen molar-refractivity contribution in [1.29, 1.82) is 0 Å². The van der Waals surface area contributed by atoms with Gasteiger partial charge in [0, 0.05) is 5.69 Å². The van der Waals surface area contributed by atoms with E-state index in [4.69, 9.17) is 5.73 Å². The van der Waals surface area contributed by atoms with Crippen LogP contribution < -0.4 is 5.73 Å². The Bertz CT molecular complexity index is 276. The number of aryl methyl sites for hydroxylation is 1. The molecule has 1 heteroatoms. The van der Waals surface area contributed by atoms with Crippen molar-refractivity contribution in [3.63, 3.8) is 0 Å². The molecule has 0 bridgehead atoms. The smallest absolute Gasteiger partial charge is 0.0316 e. The van der Waals surface area contributed by atoms with E-state index in [2.05, 4.69) is 12.6 Å². The number of allylic oxidation sites excluding steroid dienone is 1. The van der Waals surface area contributed by atoms with Gasteiger partial charge in [0.15, 0.2) is 0 Å². The minimum atomic E-state index is 0.842. The molecule has 0 fully saturated rings. The summed E-state index contributed by atoms with van der Waals surface area (Å²) in [5.41, 5.74) is 8.99. The summed E-state index contributed by atoms with van der Waals surface area (Å²) in [6, 6.07) is 8.01. The zero-order chi connectivity index (χ0) is 8.97. The first-order valence-corrected chi connectivity index (χ1v) is 4.17. The molecule has 0 aliphatic heterocycles. The predicted octanol–water partition coefficient (Wildman–Crippen LogP) is 2.78. The Balaban J connectivity index is 2.57. The zero-order valence-electron chi connectivity index (χ0n) is 7.51. The van der Waals surface area contributed by atoms with Gasteiger partial charge >= 0.3 is 0 Å². The molecule has 0 saturated carbocycles. The highest BCUT2D eigenvalue weighted by Gasteiger charge is 1.93. The van der Waals surface area contributed by atoms with E-state index in [0.29, 0.717) is 0 Å². The maximum absolute atomic E-state index is 5.64. The Kier molecular flexibility index (Phi) is 2.92. The summed E-state index contributed by atoms with van der Waals surface area (Å²) in [4.78, 5) is 0. The van der Waals surface area contributed by atoms with Crippen LogP contribution in [0, 0.1) is 0 Å². The Morgan fingerprint density at radius 1 is 1.50 bits per heavy atom. The van der Waals surface area contributed by atoms with Crippen molar-refractivity contribution in [2.75, 3.05) is 5.73 Å². The first kappa shape index (κ1) is 8.85. The minimum absolute atomic E-state index is 0.842. The van der Waals surface area contributed by atoms with Crippen LogP contribution in [0.15, 0.2) is 36.4 Å². The zero-order valence-corrected chi connectivity index (χ0v) is 7.51. The quantitative estimate of drug-likeness (QED) is 0.535. The van der Waals surface area contributed by atoms with Crippen LogP contribution in [-0.4, -0.2) is 0 Å². The van der Waals surface area contributed by atoms with E-state index < -0.39 is 0 Å². The molecule has 1 nitrogen and oxygen atoms in total. The monoisotopic (exact) mass is 161 g/mol. The normalized spacial score (nSPS) is 9.75. The van der Waals surface area contributed by atoms with Crippen molar-refractivity contribution in [2.24, 2.45) is 0 Å². The molecule has 64 valence electrons. The first-order valence-electron chi connectivity index (χ1n) is 4.17. The second-order valence-corrected chi connectivity index (χ2v) is 3.20. The van der Waals surface area contributed by atoms with Crippen LogP contribution in [0.1, 0.15) is 18.9 Å². The maximum atomic E-state index is 5.64. The number of rotatable bonds is 3. The number of benzene rings is 1. The van der Waals surface area contributed by atoms with E-state index in [1.165, 1.54) is 11.1 Å². The third-order valence-electron chi connectivity index (χ3n) is 1.79. The Morgan fingerprint density at radius 2 is 2.25 bits per heavy atom. The van der Waals surface area contributed by atoms with Crippen LogP contribution >= 0.6 is 0 Å². The van der Waals surface area contributed by atoms with Crippen LogP contribution in [0.4, 0.5) is 5.69 Å². The van der Waals surface area contributed by atoms with Crippen molar-refractivity contribution in [3.8, 4) is 0 Å². The molecule has 0 aromatic heterocycles. The fourth-order valence-electron chi connectivity index (χ4n) is 1.11. The summed E-state index contributed by atoms with van der Waals surface area (Å²) in [5, 5.41) is 0. The molecule has 1 aromatic rings. The fraction of sp³-hybridized carbons (Fsp3) is 0.273. The van der Waals surface area contributed by atoms with Crippen molar-refractivity contribution in [3.05, 3.63) is 42.0 Å². The van der Waals surface area contributed by atoms with Gasteiger partial charge in [-0.25, -0.2) is 0 Å². The summed E-state index contributed by atoms with van der Waals surface area (Å²) >= 11 is 0. The lowest BCUT2D eigenvalue weighted by atomic mass is 10.1. The minimum Gasteiger partial charge on any atom is -0.399 e. The Hall–Kier alpha value is -1.24. The van der Waals surface area contributed by atoms with Crippen LogP contribution in [0.3, 0.4) is 0 Å². The van der Waals surface area contributed by atoms with E-state index in [-0.39, 0.29) is 0 Å². The van der Waals surface area contributed by atoms with E-state index in [1.54, 1.807) is 0 Å². The molecule has 0 aliphatic carbocycles. The molecule has 0 heterocycles. The Morgan fingerprint density at radius 3 is 2.83 bits per heavy atom. The predicted molar refractivity (Wildman–Crippen MR) is 54.0 cm³/mol. The first-order chi connectivity index (χ1) is 5.68. The molecule has 0 unspecified atom stereocenters. The molecule has 0 saturated heterocycles. The topological polar surface area (TPSA) is 26.0 Å². The van der Waals surface area contributed by atoms with Gasteiger partial charge in [0.1, 0.15) is 0 Å². The number of hydrogen-bond donors (Lipinski definition) is 1. The largest absolute Gasteiger partial charge is 0.399 e. The molecule has 2 N–H and O–H groups in total. The molecule has 1 aromatic carbocycles. The van der Waals surface area contributed by atoms with Gasteiger partial charge < -0.3 is 5.73 Å². The molecule has 12 heavy (non-hydrogen) atoms. The number of hydrogen-bond acceptors (Lipinski definition) is 1. The van der Waals surface area contributed by atoms with Gasteiger partial charge in [0.2, 0.25) is 0 Å². The van der Waals surface area contributed by atoms with Gasteiger partial charge in [-0.05, 0) is 37.5 Å². The number of anilines is 1. The molecule has 0 radical (unpaired) electrons. The van der Waals surface area contributed by atoms with Crippen molar-refractivity contribution >= 4 is 5.69 Å². The highest BCUT2D eigenvalue weighted by Crippen LogP contribution is 2.10. The van der Waals surface area contributed by atoms with Gasteiger partial charge in [-0.1, -0.05) is 17.7 Å². The fourth-order valence-corrected chi connectivity index (χ4v) is 1.11. The lowest BCUT2D eigenvalue weighted by Crippen LogP contribution is -1.89. The molecular formula is C11H15N. The third kappa shape index (κ3) is 2.79. The SMILES string of the molecule is C=C(C)CCc1cccc(N)c1.